The van der Waals surface area contributed by atoms with Crippen molar-refractivity contribution in [3.63, 3.8) is 0 Å². The van der Waals surface area contributed by atoms with Crippen molar-refractivity contribution < 1.29 is 4.39 Å². The van der Waals surface area contributed by atoms with Gasteiger partial charge >= 0.3 is 0 Å². The van der Waals surface area contributed by atoms with Gasteiger partial charge in [-0.3, -0.25) is 0 Å². The lowest BCUT2D eigenvalue weighted by atomic mass is 9.97. The molecule has 0 saturated heterocycles. The number of halogens is 1. The molecule has 1 aromatic carbocycles. The molecule has 0 aromatic heterocycles. The minimum Gasteiger partial charge on any atom is -0.367 e. The van der Waals surface area contributed by atoms with E-state index >= 15 is 0 Å². The van der Waals surface area contributed by atoms with Crippen LogP contribution < -0.4 is 5.32 Å². The maximum atomic E-state index is 13.2. The van der Waals surface area contributed by atoms with E-state index in [9.17, 15) is 9.65 Å². The highest BCUT2D eigenvalue weighted by Gasteiger charge is 2.41. The number of nitriles is 1. The van der Waals surface area contributed by atoms with Gasteiger partial charge in [-0.05, 0) is 56.4 Å². The molecule has 84 valence electrons. The van der Waals surface area contributed by atoms with Gasteiger partial charge in [0.05, 0.1) is 6.07 Å². The Hall–Kier alpha value is -1.56. The molecule has 1 fully saturated rings. The lowest BCUT2D eigenvalue weighted by Gasteiger charge is -2.24. The maximum absolute atomic E-state index is 13.2. The topological polar surface area (TPSA) is 35.8 Å². The zero-order valence-corrected chi connectivity index (χ0v) is 9.55. The summed E-state index contributed by atoms with van der Waals surface area (Å²) in [4.78, 5) is 0. The summed E-state index contributed by atoms with van der Waals surface area (Å²) in [5, 5.41) is 12.3. The van der Waals surface area contributed by atoms with Crippen molar-refractivity contribution in [3.05, 3.63) is 29.6 Å². The average Bonchev–Trinajstić information content (AvgIpc) is 2.98. The molecule has 0 spiro atoms. The third-order valence-corrected chi connectivity index (χ3v) is 3.07. The minimum atomic E-state index is -0.569. The molecule has 0 bridgehead atoms. The van der Waals surface area contributed by atoms with E-state index in [-0.39, 0.29) is 5.82 Å². The van der Waals surface area contributed by atoms with E-state index in [1.54, 1.807) is 0 Å². The van der Waals surface area contributed by atoms with Crippen molar-refractivity contribution in [2.45, 2.75) is 32.2 Å². The van der Waals surface area contributed by atoms with Gasteiger partial charge in [0, 0.05) is 5.69 Å². The van der Waals surface area contributed by atoms with Crippen LogP contribution >= 0.6 is 0 Å². The Morgan fingerprint density at radius 2 is 2.12 bits per heavy atom. The molecule has 1 saturated carbocycles. The van der Waals surface area contributed by atoms with Crippen molar-refractivity contribution in [1.82, 2.24) is 0 Å². The van der Waals surface area contributed by atoms with E-state index in [4.69, 9.17) is 0 Å². The van der Waals surface area contributed by atoms with Crippen LogP contribution in [-0.4, -0.2) is 5.54 Å². The Kier molecular flexibility index (Phi) is 2.59. The number of anilines is 1. The quantitative estimate of drug-likeness (QED) is 0.845. The number of benzene rings is 1. The highest BCUT2D eigenvalue weighted by Crippen LogP contribution is 2.41. The van der Waals surface area contributed by atoms with Crippen LogP contribution in [0.3, 0.4) is 0 Å². The predicted molar refractivity (Wildman–Crippen MR) is 61.5 cm³/mol. The summed E-state index contributed by atoms with van der Waals surface area (Å²) >= 11 is 0. The highest BCUT2D eigenvalue weighted by atomic mass is 19.1. The molecule has 1 N–H and O–H groups in total. The summed E-state index contributed by atoms with van der Waals surface area (Å²) in [6.45, 7) is 3.72. The summed E-state index contributed by atoms with van der Waals surface area (Å²) in [5.74, 6) is 0.125. The van der Waals surface area contributed by atoms with Gasteiger partial charge in [0.15, 0.2) is 0 Å². The molecule has 0 radical (unpaired) electrons. The van der Waals surface area contributed by atoms with E-state index in [0.717, 1.165) is 18.4 Å². The van der Waals surface area contributed by atoms with Crippen LogP contribution in [-0.2, 0) is 0 Å². The van der Waals surface area contributed by atoms with Gasteiger partial charge in [0.25, 0.3) is 0 Å². The van der Waals surface area contributed by atoms with Crippen LogP contribution in [0.5, 0.6) is 0 Å². The number of nitrogens with one attached hydrogen (secondary N) is 1. The number of aryl methyl sites for hydroxylation is 1. The monoisotopic (exact) mass is 218 g/mol. The van der Waals surface area contributed by atoms with Crippen molar-refractivity contribution >= 4 is 5.69 Å². The first kappa shape index (κ1) is 10.9. The third kappa shape index (κ3) is 2.16. The lowest BCUT2D eigenvalue weighted by molar-refractivity contribution is 0.565. The van der Waals surface area contributed by atoms with E-state index in [0.29, 0.717) is 11.6 Å². The first-order valence-corrected chi connectivity index (χ1v) is 5.50. The number of rotatable bonds is 3. The summed E-state index contributed by atoms with van der Waals surface area (Å²) < 4.78 is 13.2. The number of hydrogen-bond acceptors (Lipinski definition) is 2. The molecule has 1 aliphatic rings. The van der Waals surface area contributed by atoms with Crippen LogP contribution in [0.1, 0.15) is 25.3 Å². The van der Waals surface area contributed by atoms with Crippen molar-refractivity contribution in [2.24, 2.45) is 5.92 Å². The van der Waals surface area contributed by atoms with Gasteiger partial charge in [0.2, 0.25) is 0 Å². The van der Waals surface area contributed by atoms with Crippen LogP contribution in [0.4, 0.5) is 10.1 Å². The summed E-state index contributed by atoms with van der Waals surface area (Å²) in [7, 11) is 0. The van der Waals surface area contributed by atoms with Crippen molar-refractivity contribution in [2.75, 3.05) is 5.32 Å². The van der Waals surface area contributed by atoms with E-state index in [1.165, 1.54) is 12.1 Å². The molecule has 16 heavy (non-hydrogen) atoms. The summed E-state index contributed by atoms with van der Waals surface area (Å²) in [6.07, 6.45) is 2.15. The second kappa shape index (κ2) is 3.79. The smallest absolute Gasteiger partial charge is 0.125 e. The van der Waals surface area contributed by atoms with E-state index < -0.39 is 5.54 Å². The lowest BCUT2D eigenvalue weighted by Crippen LogP contribution is -2.35. The van der Waals surface area contributed by atoms with Gasteiger partial charge in [0.1, 0.15) is 11.4 Å². The standard InChI is InChI=1S/C13H15FN2/c1-9-5-11(14)7-12(6-9)16-13(2,8-15)10-3-4-10/h5-7,10,16H,3-4H2,1-2H3. The zero-order chi connectivity index (χ0) is 11.8. The fourth-order valence-corrected chi connectivity index (χ4v) is 1.99. The Bertz CT molecular complexity index is 425. The van der Waals surface area contributed by atoms with Crippen LogP contribution in [0, 0.1) is 30.0 Å². The van der Waals surface area contributed by atoms with Crippen LogP contribution in [0.15, 0.2) is 18.2 Å². The molecular formula is C13H15FN2. The predicted octanol–water partition coefficient (Wildman–Crippen LogP) is 3.24. The fraction of sp³-hybridized carbons (Fsp3) is 0.462. The maximum Gasteiger partial charge on any atom is 0.125 e. The second-order valence-electron chi connectivity index (χ2n) is 4.73. The molecule has 1 aromatic rings. The fourth-order valence-electron chi connectivity index (χ4n) is 1.99. The summed E-state index contributed by atoms with van der Waals surface area (Å²) in [6, 6.07) is 7.07. The van der Waals surface area contributed by atoms with Crippen LogP contribution in [0.25, 0.3) is 0 Å². The average molecular weight is 218 g/mol. The van der Waals surface area contributed by atoms with Gasteiger partial charge in [-0.1, -0.05) is 0 Å². The molecule has 1 atom stereocenters. The Labute approximate surface area is 95.1 Å². The molecular weight excluding hydrogens is 203 g/mol. The molecule has 0 aliphatic heterocycles. The van der Waals surface area contributed by atoms with Gasteiger partial charge < -0.3 is 5.32 Å². The van der Waals surface area contributed by atoms with Gasteiger partial charge in [-0.15, -0.1) is 0 Å². The third-order valence-electron chi connectivity index (χ3n) is 3.07. The van der Waals surface area contributed by atoms with Crippen molar-refractivity contribution in [3.8, 4) is 6.07 Å². The van der Waals surface area contributed by atoms with Gasteiger partial charge in [-0.2, -0.15) is 5.26 Å². The molecule has 2 rings (SSSR count). The van der Waals surface area contributed by atoms with E-state index in [2.05, 4.69) is 11.4 Å². The normalized spacial score (nSPS) is 18.6. The van der Waals surface area contributed by atoms with Gasteiger partial charge in [-0.25, -0.2) is 4.39 Å². The van der Waals surface area contributed by atoms with Crippen LogP contribution in [0.2, 0.25) is 0 Å². The first-order chi connectivity index (χ1) is 7.53. The molecule has 1 unspecified atom stereocenters. The second-order valence-corrected chi connectivity index (χ2v) is 4.73. The SMILES string of the molecule is Cc1cc(F)cc(NC(C)(C#N)C2CC2)c1. The molecule has 3 heteroatoms. The number of nitrogens with zero attached hydrogens (tertiary/aromatic N) is 1. The largest absolute Gasteiger partial charge is 0.367 e. The number of hydrogen-bond donors (Lipinski definition) is 1. The Morgan fingerprint density at radius 3 is 2.62 bits per heavy atom. The Balaban J connectivity index is 2.22. The van der Waals surface area contributed by atoms with Crippen molar-refractivity contribution in [1.29, 1.82) is 5.26 Å². The molecule has 1 aliphatic carbocycles. The Morgan fingerprint density at radius 1 is 1.44 bits per heavy atom. The highest BCUT2D eigenvalue weighted by molar-refractivity contribution is 5.50. The molecule has 2 nitrogen and oxygen atoms in total. The first-order valence-electron chi connectivity index (χ1n) is 5.50. The zero-order valence-electron chi connectivity index (χ0n) is 9.55. The van der Waals surface area contributed by atoms with E-state index in [1.807, 2.05) is 19.9 Å². The molecule has 0 amide bonds. The summed E-state index contributed by atoms with van der Waals surface area (Å²) in [5.41, 5.74) is 0.979. The molecule has 0 heterocycles. The minimum absolute atomic E-state index is 0.265.